The van der Waals surface area contributed by atoms with Gasteiger partial charge >= 0.3 is 0 Å². The maximum absolute atomic E-state index is 4.17. The average molecular weight is 213 g/mol. The van der Waals surface area contributed by atoms with Gasteiger partial charge in [0.15, 0.2) is 0 Å². The lowest BCUT2D eigenvalue weighted by Gasteiger charge is -1.94. The predicted molar refractivity (Wildman–Crippen MR) is 60.5 cm³/mol. The molecule has 4 heteroatoms. The van der Waals surface area contributed by atoms with Crippen LogP contribution in [0.15, 0.2) is 0 Å². The van der Waals surface area contributed by atoms with E-state index >= 15 is 0 Å². The fourth-order valence-corrected chi connectivity index (χ4v) is 2.07. The second kappa shape index (κ2) is 6.90. The minimum atomic E-state index is 0.863. The first-order valence-corrected chi connectivity index (χ1v) is 6.20. The van der Waals surface area contributed by atoms with Crippen LogP contribution in [0.3, 0.4) is 0 Å². The van der Waals surface area contributed by atoms with Crippen LogP contribution >= 0.6 is 11.3 Å². The quantitative estimate of drug-likeness (QED) is 0.707. The molecular weight excluding hydrogens is 194 g/mol. The fraction of sp³-hybridized carbons (Fsp3) is 0.800. The molecule has 1 heterocycles. The van der Waals surface area contributed by atoms with Crippen LogP contribution in [0.5, 0.6) is 0 Å². The van der Waals surface area contributed by atoms with Gasteiger partial charge in [0.2, 0.25) is 0 Å². The molecule has 0 radical (unpaired) electrons. The van der Waals surface area contributed by atoms with Gasteiger partial charge in [-0.05, 0) is 13.0 Å². The van der Waals surface area contributed by atoms with Crippen LogP contribution in [0, 0.1) is 0 Å². The smallest absolute Gasteiger partial charge is 0.131 e. The minimum absolute atomic E-state index is 0.863. The normalized spacial score (nSPS) is 10.7. The molecular formula is C10H19N3S. The predicted octanol–water partition coefficient (Wildman–Crippen LogP) is 2.38. The van der Waals surface area contributed by atoms with Crippen LogP contribution in [-0.4, -0.2) is 16.7 Å². The Balaban J connectivity index is 2.27. The number of unbranched alkanes of at least 4 members (excludes halogenated alkanes) is 2. The van der Waals surface area contributed by atoms with Gasteiger partial charge in [0, 0.05) is 13.0 Å². The first kappa shape index (κ1) is 11.6. The van der Waals surface area contributed by atoms with Crippen molar-refractivity contribution in [3.05, 3.63) is 10.0 Å². The van der Waals surface area contributed by atoms with E-state index in [0.717, 1.165) is 24.5 Å². The zero-order valence-corrected chi connectivity index (χ0v) is 9.86. The molecule has 0 aromatic carbocycles. The molecule has 0 bridgehead atoms. The first-order valence-electron chi connectivity index (χ1n) is 5.38. The molecule has 0 aliphatic rings. The first-order chi connectivity index (χ1) is 6.86. The maximum Gasteiger partial charge on any atom is 0.131 e. The van der Waals surface area contributed by atoms with Crippen LogP contribution < -0.4 is 5.32 Å². The zero-order valence-electron chi connectivity index (χ0n) is 9.05. The summed E-state index contributed by atoms with van der Waals surface area (Å²) in [5.74, 6) is 0. The molecule has 1 rings (SSSR count). The number of nitrogens with zero attached hydrogens (tertiary/aromatic N) is 2. The topological polar surface area (TPSA) is 37.8 Å². The number of hydrogen-bond acceptors (Lipinski definition) is 4. The summed E-state index contributed by atoms with van der Waals surface area (Å²) in [7, 11) is 0. The van der Waals surface area contributed by atoms with Crippen molar-refractivity contribution in [1.29, 1.82) is 0 Å². The van der Waals surface area contributed by atoms with Crippen LogP contribution in [-0.2, 0) is 13.0 Å². The van der Waals surface area contributed by atoms with Gasteiger partial charge in [-0.2, -0.15) is 0 Å². The molecule has 0 atom stereocenters. The summed E-state index contributed by atoms with van der Waals surface area (Å²) in [5, 5.41) is 13.9. The van der Waals surface area contributed by atoms with Crippen LogP contribution in [0.1, 0.15) is 43.1 Å². The molecule has 1 aromatic rings. The second-order valence-corrected chi connectivity index (χ2v) is 4.47. The van der Waals surface area contributed by atoms with Gasteiger partial charge in [-0.15, -0.1) is 21.5 Å². The minimum Gasteiger partial charge on any atom is -0.311 e. The summed E-state index contributed by atoms with van der Waals surface area (Å²) in [6.45, 7) is 6.17. The average Bonchev–Trinajstić information content (AvgIpc) is 2.63. The third-order valence-corrected chi connectivity index (χ3v) is 3.01. The van der Waals surface area contributed by atoms with E-state index in [1.54, 1.807) is 11.3 Å². The molecule has 0 aliphatic heterocycles. The monoisotopic (exact) mass is 213 g/mol. The fourth-order valence-electron chi connectivity index (χ4n) is 1.22. The van der Waals surface area contributed by atoms with Gasteiger partial charge in [-0.3, -0.25) is 0 Å². The number of hydrogen-bond donors (Lipinski definition) is 1. The molecule has 3 nitrogen and oxygen atoms in total. The van der Waals surface area contributed by atoms with Gasteiger partial charge in [-0.25, -0.2) is 0 Å². The summed E-state index contributed by atoms with van der Waals surface area (Å²) < 4.78 is 0. The van der Waals surface area contributed by atoms with Crippen molar-refractivity contribution >= 4 is 11.3 Å². The lowest BCUT2D eigenvalue weighted by Crippen LogP contribution is -2.11. The van der Waals surface area contributed by atoms with Crippen molar-refractivity contribution in [2.45, 2.75) is 46.1 Å². The Morgan fingerprint density at radius 1 is 1.14 bits per heavy atom. The van der Waals surface area contributed by atoms with Gasteiger partial charge in [0.25, 0.3) is 0 Å². The van der Waals surface area contributed by atoms with Crippen LogP contribution in [0.4, 0.5) is 0 Å². The molecule has 0 amide bonds. The molecule has 1 N–H and O–H groups in total. The molecule has 14 heavy (non-hydrogen) atoms. The Labute approximate surface area is 89.9 Å². The van der Waals surface area contributed by atoms with Gasteiger partial charge in [0.05, 0.1) is 0 Å². The highest BCUT2D eigenvalue weighted by Gasteiger charge is 2.02. The Hall–Kier alpha value is -0.480. The largest absolute Gasteiger partial charge is 0.311 e. The SMILES string of the molecule is CCCCCc1nnc(CNCC)s1. The van der Waals surface area contributed by atoms with E-state index in [2.05, 4.69) is 29.4 Å². The molecule has 0 saturated heterocycles. The van der Waals surface area contributed by atoms with E-state index < -0.39 is 0 Å². The summed E-state index contributed by atoms with van der Waals surface area (Å²) in [6.07, 6.45) is 4.90. The summed E-state index contributed by atoms with van der Waals surface area (Å²) in [6, 6.07) is 0. The van der Waals surface area contributed by atoms with E-state index in [-0.39, 0.29) is 0 Å². The number of aromatic nitrogens is 2. The molecule has 1 aromatic heterocycles. The lowest BCUT2D eigenvalue weighted by molar-refractivity contribution is 0.701. The number of rotatable bonds is 7. The van der Waals surface area contributed by atoms with E-state index in [0.29, 0.717) is 0 Å². The van der Waals surface area contributed by atoms with Crippen molar-refractivity contribution in [3.63, 3.8) is 0 Å². The van der Waals surface area contributed by atoms with E-state index in [9.17, 15) is 0 Å². The molecule has 0 fully saturated rings. The molecule has 80 valence electrons. The Morgan fingerprint density at radius 2 is 1.93 bits per heavy atom. The molecule has 0 unspecified atom stereocenters. The van der Waals surface area contributed by atoms with Gasteiger partial charge in [0.1, 0.15) is 10.0 Å². The Kier molecular flexibility index (Phi) is 5.71. The standard InChI is InChI=1S/C10H19N3S/c1-3-5-6-7-9-12-13-10(14-9)8-11-4-2/h11H,3-8H2,1-2H3. The Bertz CT molecular complexity index is 247. The summed E-state index contributed by atoms with van der Waals surface area (Å²) in [5.41, 5.74) is 0. The molecule has 0 saturated carbocycles. The zero-order chi connectivity index (χ0) is 10.2. The van der Waals surface area contributed by atoms with Crippen molar-refractivity contribution in [2.75, 3.05) is 6.54 Å². The highest BCUT2D eigenvalue weighted by atomic mass is 32.1. The third-order valence-electron chi connectivity index (χ3n) is 2.03. The number of nitrogens with one attached hydrogen (secondary N) is 1. The van der Waals surface area contributed by atoms with Gasteiger partial charge in [-0.1, -0.05) is 26.7 Å². The maximum atomic E-state index is 4.17. The highest BCUT2D eigenvalue weighted by molar-refractivity contribution is 7.11. The third kappa shape index (κ3) is 4.15. The van der Waals surface area contributed by atoms with Crippen LogP contribution in [0.25, 0.3) is 0 Å². The van der Waals surface area contributed by atoms with Crippen molar-refractivity contribution < 1.29 is 0 Å². The lowest BCUT2D eigenvalue weighted by atomic mass is 10.2. The van der Waals surface area contributed by atoms with Crippen molar-refractivity contribution in [3.8, 4) is 0 Å². The Morgan fingerprint density at radius 3 is 2.64 bits per heavy atom. The van der Waals surface area contributed by atoms with Crippen molar-refractivity contribution in [2.24, 2.45) is 0 Å². The number of aryl methyl sites for hydroxylation is 1. The molecule has 0 aliphatic carbocycles. The summed E-state index contributed by atoms with van der Waals surface area (Å²) >= 11 is 1.74. The second-order valence-electron chi connectivity index (χ2n) is 3.33. The van der Waals surface area contributed by atoms with E-state index in [1.807, 2.05) is 0 Å². The highest BCUT2D eigenvalue weighted by Crippen LogP contribution is 2.12. The van der Waals surface area contributed by atoms with Crippen molar-refractivity contribution in [1.82, 2.24) is 15.5 Å². The van der Waals surface area contributed by atoms with Gasteiger partial charge < -0.3 is 5.32 Å². The molecule has 0 spiro atoms. The van der Waals surface area contributed by atoms with Crippen LogP contribution in [0.2, 0.25) is 0 Å². The van der Waals surface area contributed by atoms with E-state index in [1.165, 1.54) is 24.3 Å². The summed E-state index contributed by atoms with van der Waals surface area (Å²) in [4.78, 5) is 0. The van der Waals surface area contributed by atoms with E-state index in [4.69, 9.17) is 0 Å².